The Kier molecular flexibility index (Phi) is 18.3. The first-order chi connectivity index (χ1) is 31.6. The van der Waals surface area contributed by atoms with Crippen molar-refractivity contribution in [1.29, 1.82) is 0 Å². The van der Waals surface area contributed by atoms with E-state index in [1.54, 1.807) is 62.4 Å². The number of carbonyl (C=O) groups excluding carboxylic acids is 6. The van der Waals surface area contributed by atoms with Gasteiger partial charge in [0.05, 0.1) is 57.1 Å². The van der Waals surface area contributed by atoms with Gasteiger partial charge in [-0.25, -0.2) is 0 Å². The summed E-state index contributed by atoms with van der Waals surface area (Å²) in [5, 5.41) is 27.1. The smallest absolute Gasteiger partial charge is 0.258 e. The zero-order valence-corrected chi connectivity index (χ0v) is 38.8. The maximum Gasteiger partial charge on any atom is 0.258 e. The number of carbonyl (C=O) groups is 6. The van der Waals surface area contributed by atoms with Gasteiger partial charge in [-0.3, -0.25) is 28.8 Å². The van der Waals surface area contributed by atoms with E-state index in [1.807, 2.05) is 0 Å². The second-order valence-corrected chi connectivity index (χ2v) is 15.4. The number of hydrogen-bond acceptors (Lipinski definition) is 12. The lowest BCUT2D eigenvalue weighted by atomic mass is 10.1. The normalized spacial score (nSPS) is 12.0. The maximum absolute atomic E-state index is 13.6. The van der Waals surface area contributed by atoms with Gasteiger partial charge in [-0.15, -0.1) is 23.2 Å². The number of rotatable bonds is 20. The number of ketones is 2. The first-order valence-electron chi connectivity index (χ1n) is 20.0. The van der Waals surface area contributed by atoms with Crippen molar-refractivity contribution in [3.8, 4) is 11.5 Å². The number of azo groups is 2. The van der Waals surface area contributed by atoms with Crippen molar-refractivity contribution in [3.63, 3.8) is 0 Å². The monoisotopic (exact) mass is 974 g/mol. The van der Waals surface area contributed by atoms with Crippen molar-refractivity contribution >= 4 is 116 Å². The van der Waals surface area contributed by atoms with Gasteiger partial charge in [-0.05, 0) is 99.5 Å². The summed E-state index contributed by atoms with van der Waals surface area (Å²) in [5.41, 5.74) is 3.23. The summed E-state index contributed by atoms with van der Waals surface area (Å²) < 4.78 is 11.6. The van der Waals surface area contributed by atoms with Crippen molar-refractivity contribution in [3.05, 3.63) is 129 Å². The van der Waals surface area contributed by atoms with Crippen LogP contribution in [-0.2, 0) is 30.9 Å². The number of nitrogens with zero attached hydrogens (tertiary/aromatic N) is 4. The van der Waals surface area contributed by atoms with E-state index >= 15 is 0 Å². The molecule has 2 atom stereocenters. The summed E-state index contributed by atoms with van der Waals surface area (Å²) in [7, 11) is 0. The Balaban J connectivity index is 1.33. The van der Waals surface area contributed by atoms with Crippen LogP contribution < -0.4 is 30.7 Å². The van der Waals surface area contributed by atoms with Gasteiger partial charge < -0.3 is 30.7 Å². The summed E-state index contributed by atoms with van der Waals surface area (Å²) in [4.78, 5) is 79.0. The molecule has 0 saturated carbocycles. The molecule has 5 aromatic carbocycles. The second kappa shape index (κ2) is 24.0. The number of ether oxygens (including phenoxy) is 2. The minimum absolute atomic E-state index is 0.0481. The first kappa shape index (κ1) is 50.3. The highest BCUT2D eigenvalue weighted by Crippen LogP contribution is 2.38. The SMILES string of the molecule is CCOc1cc(NC(=O)C(N=Nc2ccc(Cl)c(C(=O)Nc3ccc(CCl)cc3)c2)C(C)=O)c(OCC)cc1NC(=O)C(N=Nc1ccc(Cl)c(C(=O)Nc2ccc(CCl)cc2)c1)C(C)=O. The maximum atomic E-state index is 13.6. The Morgan fingerprint density at radius 3 is 1.21 bits per heavy atom. The minimum Gasteiger partial charge on any atom is -0.492 e. The Labute approximate surface area is 399 Å². The molecule has 0 aliphatic carbocycles. The molecular formula is C46H42Cl4N8O8. The van der Waals surface area contributed by atoms with Gasteiger partial charge in [0.25, 0.3) is 23.6 Å². The van der Waals surface area contributed by atoms with Gasteiger partial charge in [-0.1, -0.05) is 47.5 Å². The van der Waals surface area contributed by atoms with Gasteiger partial charge in [0.1, 0.15) is 11.5 Å². The molecule has 0 aliphatic rings. The average molecular weight is 977 g/mol. The predicted octanol–water partition coefficient (Wildman–Crippen LogP) is 11.1. The van der Waals surface area contributed by atoms with Crippen LogP contribution in [-0.4, -0.2) is 60.5 Å². The molecule has 20 heteroatoms. The fraction of sp³-hybridized carbons (Fsp3) is 0.217. The molecule has 5 aromatic rings. The molecule has 0 bridgehead atoms. The van der Waals surface area contributed by atoms with Crippen molar-refractivity contribution in [1.82, 2.24) is 0 Å². The van der Waals surface area contributed by atoms with Crippen LogP contribution in [0.5, 0.6) is 11.5 Å². The van der Waals surface area contributed by atoms with E-state index in [9.17, 15) is 28.8 Å². The zero-order chi connectivity index (χ0) is 47.9. The summed E-state index contributed by atoms with van der Waals surface area (Å²) in [6, 6.07) is 21.7. The molecule has 0 saturated heterocycles. The number of hydrogen-bond donors (Lipinski definition) is 4. The first-order valence-corrected chi connectivity index (χ1v) is 21.9. The quantitative estimate of drug-likeness (QED) is 0.0333. The number of benzene rings is 5. The van der Waals surface area contributed by atoms with Crippen molar-refractivity contribution < 1.29 is 38.2 Å². The molecule has 0 fully saturated rings. The number of anilines is 4. The Hall–Kier alpha value is -6.72. The van der Waals surface area contributed by atoms with Crippen LogP contribution in [0.2, 0.25) is 10.0 Å². The topological polar surface area (TPSA) is 218 Å². The van der Waals surface area contributed by atoms with E-state index < -0.39 is 47.3 Å². The fourth-order valence-electron chi connectivity index (χ4n) is 5.84. The van der Waals surface area contributed by atoms with E-state index in [1.165, 1.54) is 48.5 Å². The second-order valence-electron chi connectivity index (χ2n) is 14.0. The lowest BCUT2D eigenvalue weighted by molar-refractivity contribution is -0.127. The molecule has 66 heavy (non-hydrogen) atoms. The predicted molar refractivity (Wildman–Crippen MR) is 255 cm³/mol. The third kappa shape index (κ3) is 13.7. The number of Topliss-reactive ketones (excluding diaryl/α,β-unsaturated/α-hetero) is 2. The van der Waals surface area contributed by atoms with E-state index in [2.05, 4.69) is 41.7 Å². The number of halogens is 4. The van der Waals surface area contributed by atoms with Crippen LogP contribution in [0.4, 0.5) is 34.1 Å². The van der Waals surface area contributed by atoms with Gasteiger partial charge >= 0.3 is 0 Å². The third-order valence-electron chi connectivity index (χ3n) is 9.16. The molecule has 0 radical (unpaired) electrons. The lowest BCUT2D eigenvalue weighted by Crippen LogP contribution is -2.32. The molecule has 0 heterocycles. The van der Waals surface area contributed by atoms with Gasteiger partial charge in [-0.2, -0.15) is 20.5 Å². The zero-order valence-electron chi connectivity index (χ0n) is 35.8. The fourth-order valence-corrected chi connectivity index (χ4v) is 6.61. The Morgan fingerprint density at radius 1 is 0.530 bits per heavy atom. The third-order valence-corrected chi connectivity index (χ3v) is 10.4. The summed E-state index contributed by atoms with van der Waals surface area (Å²) in [6.45, 7) is 5.89. The highest BCUT2D eigenvalue weighted by Gasteiger charge is 2.28. The van der Waals surface area contributed by atoms with Crippen LogP contribution in [0.1, 0.15) is 59.5 Å². The van der Waals surface area contributed by atoms with Gasteiger partial charge in [0.2, 0.25) is 12.1 Å². The van der Waals surface area contributed by atoms with E-state index in [-0.39, 0.29) is 68.6 Å². The molecule has 0 aliphatic heterocycles. The van der Waals surface area contributed by atoms with Crippen LogP contribution >= 0.6 is 46.4 Å². The van der Waals surface area contributed by atoms with E-state index in [0.717, 1.165) is 25.0 Å². The largest absolute Gasteiger partial charge is 0.492 e. The number of alkyl halides is 2. The highest BCUT2D eigenvalue weighted by molar-refractivity contribution is 6.35. The van der Waals surface area contributed by atoms with E-state index in [4.69, 9.17) is 55.9 Å². The van der Waals surface area contributed by atoms with Crippen LogP contribution in [0, 0.1) is 0 Å². The number of nitrogens with one attached hydrogen (secondary N) is 4. The molecule has 16 nitrogen and oxygen atoms in total. The summed E-state index contributed by atoms with van der Waals surface area (Å²) >= 11 is 24.4. The molecule has 342 valence electrons. The minimum atomic E-state index is -1.65. The molecular weight excluding hydrogens is 934 g/mol. The van der Waals surface area contributed by atoms with Crippen molar-refractivity contribution in [2.75, 3.05) is 34.5 Å². The highest BCUT2D eigenvalue weighted by atomic mass is 35.5. The Morgan fingerprint density at radius 2 is 0.894 bits per heavy atom. The standard InChI is InChI=1S/C46H42Cl4N8O8/c1-5-65-39-21-38(54-46(64)42(26(4)60)58-56-32-16-18-36(50)34(20-32)44(62)52-30-13-9-28(24-48)10-14-30)40(66-6-2)22-37(39)53-45(63)41(25(3)59)57-55-31-15-17-35(49)33(19-31)43(61)51-29-11-7-27(23-47)8-12-29/h7-22,41-42H,5-6,23-24H2,1-4H3,(H,51,61)(H,52,62)(H,53,63)(H,54,64). The molecule has 4 N–H and O–H groups in total. The van der Waals surface area contributed by atoms with Crippen molar-refractivity contribution in [2.24, 2.45) is 20.5 Å². The summed E-state index contributed by atoms with van der Waals surface area (Å²) in [6.07, 6.45) is 0. The van der Waals surface area contributed by atoms with Gasteiger partial charge in [0, 0.05) is 35.3 Å². The molecule has 4 amide bonds. The summed E-state index contributed by atoms with van der Waals surface area (Å²) in [5.74, 6) is -3.44. The van der Waals surface area contributed by atoms with Gasteiger partial charge in [0.15, 0.2) is 11.6 Å². The van der Waals surface area contributed by atoms with Crippen molar-refractivity contribution in [2.45, 2.75) is 51.5 Å². The van der Waals surface area contributed by atoms with Crippen LogP contribution in [0.15, 0.2) is 118 Å². The molecule has 5 rings (SSSR count). The molecule has 2 unspecified atom stereocenters. The average Bonchev–Trinajstić information content (AvgIpc) is 3.29. The lowest BCUT2D eigenvalue weighted by Gasteiger charge is -2.19. The molecule has 0 aromatic heterocycles. The Bertz CT molecular complexity index is 2500. The van der Waals surface area contributed by atoms with Crippen LogP contribution in [0.25, 0.3) is 0 Å². The van der Waals surface area contributed by atoms with E-state index in [0.29, 0.717) is 23.1 Å². The van der Waals surface area contributed by atoms with Crippen LogP contribution in [0.3, 0.4) is 0 Å². The number of amides is 4. The molecule has 0 spiro atoms.